The van der Waals surface area contributed by atoms with Gasteiger partial charge in [0.25, 0.3) is 0 Å². The number of benzene rings is 1. The van der Waals surface area contributed by atoms with E-state index in [1.165, 1.54) is 0 Å². The van der Waals surface area contributed by atoms with E-state index in [9.17, 15) is 14.7 Å². The molecule has 5 nitrogen and oxygen atoms in total. The minimum absolute atomic E-state index is 0.179. The molecule has 1 aliphatic rings. The van der Waals surface area contributed by atoms with Crippen molar-refractivity contribution >= 4 is 11.9 Å². The van der Waals surface area contributed by atoms with Crippen molar-refractivity contribution in [2.45, 2.75) is 38.3 Å². The number of nitrogens with zero attached hydrogens (tertiary/aromatic N) is 1. The van der Waals surface area contributed by atoms with Gasteiger partial charge in [0, 0.05) is 13.1 Å². The SMILES string of the molecule is CCC(C)(N)C(=O)N1Cc2ccccc2C(C(=O)O)C1. The van der Waals surface area contributed by atoms with Crippen LogP contribution in [0.2, 0.25) is 0 Å². The van der Waals surface area contributed by atoms with Crippen molar-refractivity contribution in [3.63, 3.8) is 0 Å². The van der Waals surface area contributed by atoms with Gasteiger partial charge in [-0.05, 0) is 24.5 Å². The highest BCUT2D eigenvalue weighted by Gasteiger charge is 2.37. The molecule has 5 heteroatoms. The van der Waals surface area contributed by atoms with Crippen LogP contribution in [-0.2, 0) is 16.1 Å². The van der Waals surface area contributed by atoms with Crippen LogP contribution >= 0.6 is 0 Å². The molecule has 3 N–H and O–H groups in total. The summed E-state index contributed by atoms with van der Waals surface area (Å²) in [7, 11) is 0. The zero-order chi connectivity index (χ0) is 14.9. The van der Waals surface area contributed by atoms with E-state index in [1.807, 2.05) is 31.2 Å². The molecule has 1 aliphatic heterocycles. The lowest BCUT2D eigenvalue weighted by Gasteiger charge is -2.37. The third-order valence-electron chi connectivity index (χ3n) is 4.00. The summed E-state index contributed by atoms with van der Waals surface area (Å²) in [4.78, 5) is 25.4. The quantitative estimate of drug-likeness (QED) is 0.872. The summed E-state index contributed by atoms with van der Waals surface area (Å²) < 4.78 is 0. The summed E-state index contributed by atoms with van der Waals surface area (Å²) in [5.41, 5.74) is 6.72. The molecule has 0 bridgehead atoms. The molecule has 0 saturated carbocycles. The molecule has 20 heavy (non-hydrogen) atoms. The number of carboxylic acid groups (broad SMARTS) is 1. The number of nitrogens with two attached hydrogens (primary N) is 1. The number of amides is 1. The molecule has 1 heterocycles. The lowest BCUT2D eigenvalue weighted by molar-refractivity contribution is -0.143. The Bertz CT molecular complexity index is 540. The Hall–Kier alpha value is -1.88. The summed E-state index contributed by atoms with van der Waals surface area (Å²) in [6, 6.07) is 7.36. The Kier molecular flexibility index (Phi) is 3.81. The molecule has 1 aromatic carbocycles. The smallest absolute Gasteiger partial charge is 0.312 e. The summed E-state index contributed by atoms with van der Waals surface area (Å²) in [5, 5.41) is 9.38. The van der Waals surface area contributed by atoms with E-state index in [0.29, 0.717) is 13.0 Å². The fourth-order valence-electron chi connectivity index (χ4n) is 2.49. The zero-order valence-electron chi connectivity index (χ0n) is 11.8. The predicted molar refractivity (Wildman–Crippen MR) is 75.1 cm³/mol. The normalized spacial score (nSPS) is 20.9. The third kappa shape index (κ3) is 2.54. The Morgan fingerprint density at radius 1 is 1.45 bits per heavy atom. The molecule has 1 aromatic rings. The zero-order valence-corrected chi connectivity index (χ0v) is 11.8. The van der Waals surface area contributed by atoms with Crippen LogP contribution < -0.4 is 5.73 Å². The van der Waals surface area contributed by atoms with E-state index in [4.69, 9.17) is 5.73 Å². The van der Waals surface area contributed by atoms with Gasteiger partial charge in [-0.2, -0.15) is 0 Å². The number of carbonyl (C=O) groups is 2. The number of rotatable bonds is 3. The van der Waals surface area contributed by atoms with Gasteiger partial charge in [-0.25, -0.2) is 0 Å². The third-order valence-corrected chi connectivity index (χ3v) is 4.00. The number of hydrogen-bond donors (Lipinski definition) is 2. The fraction of sp³-hybridized carbons (Fsp3) is 0.467. The molecular formula is C15H20N2O3. The summed E-state index contributed by atoms with van der Waals surface area (Å²) in [5.74, 6) is -1.79. The van der Waals surface area contributed by atoms with Crippen molar-refractivity contribution in [3.8, 4) is 0 Å². The first-order valence-corrected chi connectivity index (χ1v) is 6.75. The molecule has 2 rings (SSSR count). The molecule has 2 unspecified atom stereocenters. The number of carbonyl (C=O) groups excluding carboxylic acids is 1. The van der Waals surface area contributed by atoms with E-state index in [2.05, 4.69) is 0 Å². The van der Waals surface area contributed by atoms with Gasteiger partial charge in [-0.15, -0.1) is 0 Å². The lowest BCUT2D eigenvalue weighted by Crippen LogP contribution is -2.54. The first kappa shape index (κ1) is 14.5. The highest BCUT2D eigenvalue weighted by Crippen LogP contribution is 2.29. The second-order valence-electron chi connectivity index (χ2n) is 5.55. The second kappa shape index (κ2) is 5.25. The maximum atomic E-state index is 12.4. The minimum atomic E-state index is -0.949. The predicted octanol–water partition coefficient (Wildman–Crippen LogP) is 1.32. The van der Waals surface area contributed by atoms with Crippen LogP contribution in [0.25, 0.3) is 0 Å². The van der Waals surface area contributed by atoms with Crippen molar-refractivity contribution in [1.82, 2.24) is 4.90 Å². The summed E-state index contributed by atoms with van der Waals surface area (Å²) in [6.45, 7) is 4.14. The van der Waals surface area contributed by atoms with Crippen LogP contribution in [0.15, 0.2) is 24.3 Å². The lowest BCUT2D eigenvalue weighted by atomic mass is 9.88. The first-order valence-electron chi connectivity index (χ1n) is 6.75. The topological polar surface area (TPSA) is 83.6 Å². The van der Waals surface area contributed by atoms with Crippen LogP contribution in [-0.4, -0.2) is 34.0 Å². The molecule has 2 atom stereocenters. The monoisotopic (exact) mass is 276 g/mol. The first-order chi connectivity index (χ1) is 9.36. The highest BCUT2D eigenvalue weighted by atomic mass is 16.4. The average Bonchev–Trinajstić information content (AvgIpc) is 2.45. The van der Waals surface area contributed by atoms with Gasteiger partial charge >= 0.3 is 5.97 Å². The Labute approximate surface area is 118 Å². The van der Waals surface area contributed by atoms with Crippen molar-refractivity contribution < 1.29 is 14.7 Å². The van der Waals surface area contributed by atoms with Crippen LogP contribution in [0.4, 0.5) is 0 Å². The average molecular weight is 276 g/mol. The summed E-state index contributed by atoms with van der Waals surface area (Å²) >= 11 is 0. The van der Waals surface area contributed by atoms with Gasteiger partial charge in [0.15, 0.2) is 0 Å². The molecule has 0 aliphatic carbocycles. The molecular weight excluding hydrogens is 256 g/mol. The number of hydrogen-bond acceptors (Lipinski definition) is 3. The standard InChI is InChI=1S/C15H20N2O3/c1-3-15(2,16)14(20)17-8-10-6-4-5-7-11(10)12(9-17)13(18)19/h4-7,12H,3,8-9,16H2,1-2H3,(H,18,19). The van der Waals surface area contributed by atoms with Crippen molar-refractivity contribution in [1.29, 1.82) is 0 Å². The number of carboxylic acids is 1. The molecule has 0 radical (unpaired) electrons. The molecule has 108 valence electrons. The number of fused-ring (bicyclic) bond motifs is 1. The van der Waals surface area contributed by atoms with Gasteiger partial charge in [0.1, 0.15) is 0 Å². The molecule has 1 amide bonds. The Balaban J connectivity index is 2.34. The van der Waals surface area contributed by atoms with Crippen molar-refractivity contribution in [3.05, 3.63) is 35.4 Å². The van der Waals surface area contributed by atoms with Gasteiger partial charge in [0.2, 0.25) is 5.91 Å². The van der Waals surface area contributed by atoms with Crippen LogP contribution in [0, 0.1) is 0 Å². The van der Waals surface area contributed by atoms with Crippen LogP contribution in [0.5, 0.6) is 0 Å². The molecule has 0 aromatic heterocycles. The van der Waals surface area contributed by atoms with E-state index in [1.54, 1.807) is 11.8 Å². The van der Waals surface area contributed by atoms with Crippen LogP contribution in [0.3, 0.4) is 0 Å². The Morgan fingerprint density at radius 3 is 2.70 bits per heavy atom. The molecule has 0 saturated heterocycles. The van der Waals surface area contributed by atoms with Gasteiger partial charge < -0.3 is 15.7 Å². The van der Waals surface area contributed by atoms with E-state index in [-0.39, 0.29) is 12.5 Å². The molecule has 0 fully saturated rings. The highest BCUT2D eigenvalue weighted by molar-refractivity contribution is 5.87. The minimum Gasteiger partial charge on any atom is -0.481 e. The largest absolute Gasteiger partial charge is 0.481 e. The van der Waals surface area contributed by atoms with Crippen molar-refractivity contribution in [2.24, 2.45) is 5.73 Å². The second-order valence-corrected chi connectivity index (χ2v) is 5.55. The van der Waals surface area contributed by atoms with Gasteiger partial charge in [-0.3, -0.25) is 9.59 Å². The van der Waals surface area contributed by atoms with Crippen LogP contribution in [0.1, 0.15) is 37.3 Å². The van der Waals surface area contributed by atoms with Crippen molar-refractivity contribution in [2.75, 3.05) is 6.54 Å². The fourth-order valence-corrected chi connectivity index (χ4v) is 2.49. The maximum absolute atomic E-state index is 12.4. The molecule has 0 spiro atoms. The van der Waals surface area contributed by atoms with Gasteiger partial charge in [0.05, 0.1) is 11.5 Å². The summed E-state index contributed by atoms with van der Waals surface area (Å²) in [6.07, 6.45) is 0.516. The van der Waals surface area contributed by atoms with E-state index >= 15 is 0 Å². The van der Waals surface area contributed by atoms with E-state index < -0.39 is 17.4 Å². The van der Waals surface area contributed by atoms with Gasteiger partial charge in [-0.1, -0.05) is 31.2 Å². The van der Waals surface area contributed by atoms with E-state index in [0.717, 1.165) is 11.1 Å². The Morgan fingerprint density at radius 2 is 2.10 bits per heavy atom. The number of aliphatic carboxylic acids is 1. The maximum Gasteiger partial charge on any atom is 0.312 e.